The van der Waals surface area contributed by atoms with Gasteiger partial charge in [-0.25, -0.2) is 0 Å². The highest BCUT2D eigenvalue weighted by Crippen LogP contribution is 2.18. The van der Waals surface area contributed by atoms with E-state index in [9.17, 15) is 10.2 Å². The molecular weight excluding hydrogens is 793 g/mol. The molecule has 0 aromatic carbocycles. The zero-order valence-electron chi connectivity index (χ0n) is 44.2. The standard InChI is InChI=1S/C58H118O6/c1-5-9-13-17-21-23-25-27-29-31-33-35-37-39-41-45-49-61-53-55(63-51-47-43-19-15-11-7-3)57(59)58(60)56(64-52-48-44-20-16-12-8-4)54-62-50-46-42-40-38-36-34-32-30-28-26-24-22-18-14-10-6-2/h55-60H,5-54H2,1-4H3/t55-,56-,57-,58-/m1/s1. The molecule has 4 atom stereocenters. The molecule has 0 saturated carbocycles. The van der Waals surface area contributed by atoms with E-state index in [0.29, 0.717) is 26.4 Å². The molecule has 0 aliphatic heterocycles. The Kier molecular flexibility index (Phi) is 55.1. The Labute approximate surface area is 402 Å². The first-order chi connectivity index (χ1) is 31.6. The molecule has 386 valence electrons. The molecule has 0 saturated heterocycles. The Morgan fingerprint density at radius 1 is 0.234 bits per heavy atom. The molecule has 0 bridgehead atoms. The van der Waals surface area contributed by atoms with Crippen LogP contribution in [-0.2, 0) is 18.9 Å². The van der Waals surface area contributed by atoms with Crippen LogP contribution in [0.25, 0.3) is 0 Å². The van der Waals surface area contributed by atoms with Gasteiger partial charge >= 0.3 is 0 Å². The largest absolute Gasteiger partial charge is 0.388 e. The number of unbranched alkanes of at least 4 members (excludes halogenated alkanes) is 40. The Morgan fingerprint density at radius 3 is 0.609 bits per heavy atom. The van der Waals surface area contributed by atoms with Crippen molar-refractivity contribution < 1.29 is 29.2 Å². The summed E-state index contributed by atoms with van der Waals surface area (Å²) in [6.45, 7) is 12.1. The molecule has 0 spiro atoms. The molecular formula is C58H118O6. The highest BCUT2D eigenvalue weighted by atomic mass is 16.6. The van der Waals surface area contributed by atoms with E-state index < -0.39 is 24.4 Å². The number of rotatable bonds is 57. The first-order valence-electron chi connectivity index (χ1n) is 29.4. The topological polar surface area (TPSA) is 77.4 Å². The van der Waals surface area contributed by atoms with Crippen molar-refractivity contribution in [2.75, 3.05) is 39.6 Å². The number of ether oxygens (including phenoxy) is 4. The van der Waals surface area contributed by atoms with Gasteiger partial charge in [-0.1, -0.05) is 285 Å². The lowest BCUT2D eigenvalue weighted by Crippen LogP contribution is -2.50. The summed E-state index contributed by atoms with van der Waals surface area (Å²) in [6, 6.07) is 0. The zero-order valence-corrected chi connectivity index (χ0v) is 44.2. The highest BCUT2D eigenvalue weighted by Gasteiger charge is 2.34. The molecule has 0 aliphatic rings. The van der Waals surface area contributed by atoms with E-state index in [4.69, 9.17) is 18.9 Å². The summed E-state index contributed by atoms with van der Waals surface area (Å²) in [5.41, 5.74) is 0. The van der Waals surface area contributed by atoms with E-state index in [-0.39, 0.29) is 13.2 Å². The summed E-state index contributed by atoms with van der Waals surface area (Å²) < 4.78 is 24.9. The average Bonchev–Trinajstić information content (AvgIpc) is 3.30. The second-order valence-electron chi connectivity index (χ2n) is 20.1. The number of hydrogen-bond acceptors (Lipinski definition) is 6. The molecule has 0 aromatic rings. The van der Waals surface area contributed by atoms with Gasteiger partial charge in [0.25, 0.3) is 0 Å². The molecule has 0 rings (SSSR count). The molecule has 2 N–H and O–H groups in total. The lowest BCUT2D eigenvalue weighted by atomic mass is 10.0. The van der Waals surface area contributed by atoms with Crippen LogP contribution in [0.4, 0.5) is 0 Å². The van der Waals surface area contributed by atoms with Crippen molar-refractivity contribution in [2.45, 2.75) is 335 Å². The molecule has 64 heavy (non-hydrogen) atoms. The van der Waals surface area contributed by atoms with Crippen molar-refractivity contribution in [3.05, 3.63) is 0 Å². The predicted molar refractivity (Wildman–Crippen MR) is 279 cm³/mol. The van der Waals surface area contributed by atoms with Crippen LogP contribution < -0.4 is 0 Å². The Hall–Kier alpha value is -0.240. The van der Waals surface area contributed by atoms with Crippen LogP contribution in [0.1, 0.15) is 310 Å². The summed E-state index contributed by atoms with van der Waals surface area (Å²) in [5, 5.41) is 23.2. The van der Waals surface area contributed by atoms with Gasteiger partial charge < -0.3 is 29.2 Å². The lowest BCUT2D eigenvalue weighted by Gasteiger charge is -2.32. The highest BCUT2D eigenvalue weighted by molar-refractivity contribution is 4.83. The maximum absolute atomic E-state index is 11.6. The van der Waals surface area contributed by atoms with Gasteiger partial charge in [0, 0.05) is 26.4 Å². The van der Waals surface area contributed by atoms with Gasteiger partial charge in [0.05, 0.1) is 13.2 Å². The third-order valence-corrected chi connectivity index (χ3v) is 13.6. The van der Waals surface area contributed by atoms with Crippen LogP contribution in [0.2, 0.25) is 0 Å². The summed E-state index contributed by atoms with van der Waals surface area (Å²) in [6.07, 6.45) is 54.0. The minimum Gasteiger partial charge on any atom is -0.388 e. The van der Waals surface area contributed by atoms with Crippen LogP contribution in [-0.4, -0.2) is 74.3 Å². The summed E-state index contributed by atoms with van der Waals surface area (Å²) in [7, 11) is 0. The summed E-state index contributed by atoms with van der Waals surface area (Å²) in [4.78, 5) is 0. The first-order valence-corrected chi connectivity index (χ1v) is 29.4. The second-order valence-corrected chi connectivity index (χ2v) is 20.1. The van der Waals surface area contributed by atoms with E-state index >= 15 is 0 Å². The third-order valence-electron chi connectivity index (χ3n) is 13.6. The monoisotopic (exact) mass is 911 g/mol. The van der Waals surface area contributed by atoms with Gasteiger partial charge in [0.1, 0.15) is 24.4 Å². The fraction of sp³-hybridized carbons (Fsp3) is 1.00. The molecule has 0 radical (unpaired) electrons. The summed E-state index contributed by atoms with van der Waals surface area (Å²) >= 11 is 0. The quantitative estimate of drug-likeness (QED) is 0.0592. The number of aliphatic hydroxyl groups excluding tert-OH is 2. The first kappa shape index (κ1) is 63.8. The lowest BCUT2D eigenvalue weighted by molar-refractivity contribution is -0.163. The minimum absolute atomic E-state index is 0.289. The van der Waals surface area contributed by atoms with Crippen LogP contribution in [0.3, 0.4) is 0 Å². The fourth-order valence-electron chi connectivity index (χ4n) is 9.07. The smallest absolute Gasteiger partial charge is 0.111 e. The average molecular weight is 912 g/mol. The maximum Gasteiger partial charge on any atom is 0.111 e. The molecule has 6 heteroatoms. The van der Waals surface area contributed by atoms with E-state index in [1.165, 1.54) is 244 Å². The van der Waals surface area contributed by atoms with Gasteiger partial charge in [-0.15, -0.1) is 0 Å². The molecule has 0 amide bonds. The van der Waals surface area contributed by atoms with Crippen molar-refractivity contribution in [3.63, 3.8) is 0 Å². The normalized spacial score (nSPS) is 13.8. The molecule has 0 fully saturated rings. The van der Waals surface area contributed by atoms with Crippen molar-refractivity contribution in [3.8, 4) is 0 Å². The fourth-order valence-corrected chi connectivity index (χ4v) is 9.07. The predicted octanol–water partition coefficient (Wildman–Crippen LogP) is 17.8. The molecule has 0 aromatic heterocycles. The van der Waals surface area contributed by atoms with Crippen molar-refractivity contribution in [1.82, 2.24) is 0 Å². The third kappa shape index (κ3) is 46.9. The Morgan fingerprint density at radius 2 is 0.406 bits per heavy atom. The SMILES string of the molecule is CCCCCCCCCCCCCCCCCCOC[C@@H](OCCCCCCCC)[C@@H](O)[C@H](O)[C@@H](COCCCCCCCCCCCCCCCCCC)OCCCCCCCC. The van der Waals surface area contributed by atoms with Gasteiger partial charge in [-0.05, 0) is 25.7 Å². The second kappa shape index (κ2) is 55.4. The molecule has 0 unspecified atom stereocenters. The Balaban J connectivity index is 4.68. The van der Waals surface area contributed by atoms with Crippen LogP contribution >= 0.6 is 0 Å². The van der Waals surface area contributed by atoms with Crippen LogP contribution in [0.5, 0.6) is 0 Å². The van der Waals surface area contributed by atoms with E-state index in [0.717, 1.165) is 38.5 Å². The summed E-state index contributed by atoms with van der Waals surface area (Å²) in [5.74, 6) is 0. The van der Waals surface area contributed by atoms with E-state index in [1.807, 2.05) is 0 Å². The molecule has 6 nitrogen and oxygen atoms in total. The van der Waals surface area contributed by atoms with Crippen LogP contribution in [0, 0.1) is 0 Å². The van der Waals surface area contributed by atoms with Gasteiger partial charge in [-0.3, -0.25) is 0 Å². The van der Waals surface area contributed by atoms with Crippen molar-refractivity contribution in [2.24, 2.45) is 0 Å². The molecule has 0 aliphatic carbocycles. The van der Waals surface area contributed by atoms with Crippen molar-refractivity contribution in [1.29, 1.82) is 0 Å². The molecule has 0 heterocycles. The van der Waals surface area contributed by atoms with Crippen molar-refractivity contribution >= 4 is 0 Å². The zero-order chi connectivity index (χ0) is 46.5. The maximum atomic E-state index is 11.6. The van der Waals surface area contributed by atoms with E-state index in [1.54, 1.807) is 0 Å². The van der Waals surface area contributed by atoms with Gasteiger partial charge in [0.15, 0.2) is 0 Å². The number of hydrogen-bond donors (Lipinski definition) is 2. The van der Waals surface area contributed by atoms with Gasteiger partial charge in [-0.2, -0.15) is 0 Å². The van der Waals surface area contributed by atoms with E-state index in [2.05, 4.69) is 27.7 Å². The van der Waals surface area contributed by atoms with Gasteiger partial charge in [0.2, 0.25) is 0 Å². The number of aliphatic hydroxyl groups is 2. The minimum atomic E-state index is -1.10. The van der Waals surface area contributed by atoms with Crippen LogP contribution in [0.15, 0.2) is 0 Å². The Bertz CT molecular complexity index is 761.